The van der Waals surface area contributed by atoms with Gasteiger partial charge in [-0.15, -0.1) is 12.4 Å². The highest BCUT2D eigenvalue weighted by atomic mass is 35.5. The maximum absolute atomic E-state index is 13.0. The van der Waals surface area contributed by atoms with Crippen molar-refractivity contribution in [2.75, 3.05) is 17.8 Å². The number of carbonyl (C=O) groups is 1. The predicted molar refractivity (Wildman–Crippen MR) is 108 cm³/mol. The second kappa shape index (κ2) is 9.36. The minimum atomic E-state index is -3.79. The SMILES string of the molecule is Cl.NC1CCCN(C(=O)Cc2ccc(NS(=O)(=O)c3ccc(F)cc3)cc2)C1. The Bertz CT molecular complexity index is 905. The molecule has 9 heteroatoms. The molecule has 0 aliphatic carbocycles. The number of hydrogen-bond acceptors (Lipinski definition) is 4. The van der Waals surface area contributed by atoms with Crippen molar-refractivity contribution >= 4 is 34.0 Å². The van der Waals surface area contributed by atoms with Crippen LogP contribution in [0.25, 0.3) is 0 Å². The Labute approximate surface area is 170 Å². The summed E-state index contributed by atoms with van der Waals surface area (Å²) in [4.78, 5) is 14.1. The number of nitrogens with one attached hydrogen (secondary N) is 1. The van der Waals surface area contributed by atoms with E-state index in [0.717, 1.165) is 37.1 Å². The second-order valence-electron chi connectivity index (χ2n) is 6.68. The summed E-state index contributed by atoms with van der Waals surface area (Å²) in [5, 5.41) is 0. The van der Waals surface area contributed by atoms with Crippen molar-refractivity contribution in [3.8, 4) is 0 Å². The lowest BCUT2D eigenvalue weighted by Gasteiger charge is -2.30. The minimum Gasteiger partial charge on any atom is -0.341 e. The molecule has 0 saturated carbocycles. The maximum Gasteiger partial charge on any atom is 0.261 e. The molecule has 1 heterocycles. The molecule has 1 aliphatic rings. The summed E-state index contributed by atoms with van der Waals surface area (Å²) in [5.41, 5.74) is 7.08. The first kappa shape index (κ1) is 22.1. The zero-order valence-electron chi connectivity index (χ0n) is 15.2. The van der Waals surface area contributed by atoms with Gasteiger partial charge in [-0.3, -0.25) is 9.52 Å². The number of anilines is 1. The van der Waals surface area contributed by atoms with Crippen LogP contribution in [0.4, 0.5) is 10.1 Å². The summed E-state index contributed by atoms with van der Waals surface area (Å²) in [6.07, 6.45) is 2.10. The van der Waals surface area contributed by atoms with Crippen LogP contribution in [0.5, 0.6) is 0 Å². The van der Waals surface area contributed by atoms with Crippen molar-refractivity contribution in [1.29, 1.82) is 0 Å². The smallest absolute Gasteiger partial charge is 0.261 e. The van der Waals surface area contributed by atoms with E-state index in [-0.39, 0.29) is 35.7 Å². The van der Waals surface area contributed by atoms with Gasteiger partial charge in [-0.25, -0.2) is 12.8 Å². The zero-order chi connectivity index (χ0) is 19.4. The largest absolute Gasteiger partial charge is 0.341 e. The Morgan fingerprint density at radius 2 is 1.79 bits per heavy atom. The number of likely N-dealkylation sites (tertiary alicyclic amines) is 1. The molecule has 3 N–H and O–H groups in total. The molecule has 0 bridgehead atoms. The highest BCUT2D eigenvalue weighted by Gasteiger charge is 2.21. The Hall–Kier alpha value is -2.16. The average molecular weight is 428 g/mol. The van der Waals surface area contributed by atoms with Gasteiger partial charge < -0.3 is 10.6 Å². The number of carbonyl (C=O) groups excluding carboxylic acids is 1. The zero-order valence-corrected chi connectivity index (χ0v) is 16.8. The standard InChI is InChI=1S/C19H22FN3O3S.ClH/c20-15-5-9-18(10-6-15)27(25,26)22-17-7-3-14(4-8-17)12-19(24)23-11-1-2-16(21)13-23;/h3-10,16,22H,1-2,11-13,21H2;1H. The van der Waals surface area contributed by atoms with Gasteiger partial charge in [0, 0.05) is 24.8 Å². The lowest BCUT2D eigenvalue weighted by atomic mass is 10.0. The number of hydrogen-bond donors (Lipinski definition) is 2. The molecule has 1 atom stereocenters. The normalized spacial score (nSPS) is 16.9. The number of piperidine rings is 1. The number of benzene rings is 2. The van der Waals surface area contributed by atoms with E-state index in [9.17, 15) is 17.6 Å². The van der Waals surface area contributed by atoms with Gasteiger partial charge >= 0.3 is 0 Å². The van der Waals surface area contributed by atoms with E-state index in [0.29, 0.717) is 12.2 Å². The summed E-state index contributed by atoms with van der Waals surface area (Å²) in [6, 6.07) is 11.3. The fourth-order valence-electron chi connectivity index (χ4n) is 3.04. The first-order valence-corrected chi connectivity index (χ1v) is 10.2. The van der Waals surface area contributed by atoms with E-state index in [1.807, 2.05) is 0 Å². The number of rotatable bonds is 5. The summed E-state index contributed by atoms with van der Waals surface area (Å²) < 4.78 is 40.0. The molecule has 0 aromatic heterocycles. The van der Waals surface area contributed by atoms with Crippen LogP contribution >= 0.6 is 12.4 Å². The lowest BCUT2D eigenvalue weighted by Crippen LogP contribution is -2.46. The molecular formula is C19H23ClFN3O3S. The Kier molecular flexibility index (Phi) is 7.40. The van der Waals surface area contributed by atoms with Crippen LogP contribution in [-0.4, -0.2) is 38.4 Å². The van der Waals surface area contributed by atoms with Gasteiger partial charge in [0.15, 0.2) is 0 Å². The topological polar surface area (TPSA) is 92.5 Å². The Morgan fingerprint density at radius 1 is 1.14 bits per heavy atom. The van der Waals surface area contributed by atoms with Crippen molar-refractivity contribution in [3.63, 3.8) is 0 Å². The fraction of sp³-hybridized carbons (Fsp3) is 0.316. The minimum absolute atomic E-state index is 0. The Morgan fingerprint density at radius 3 is 2.39 bits per heavy atom. The van der Waals surface area contributed by atoms with E-state index in [1.165, 1.54) is 12.1 Å². The molecule has 1 amide bonds. The van der Waals surface area contributed by atoms with Gasteiger partial charge in [-0.1, -0.05) is 12.1 Å². The molecule has 6 nitrogen and oxygen atoms in total. The maximum atomic E-state index is 13.0. The van der Waals surface area contributed by atoms with Crippen molar-refractivity contribution in [3.05, 3.63) is 59.9 Å². The molecule has 28 heavy (non-hydrogen) atoms. The first-order valence-electron chi connectivity index (χ1n) is 8.74. The van der Waals surface area contributed by atoms with Crippen LogP contribution in [0.2, 0.25) is 0 Å². The first-order chi connectivity index (χ1) is 12.8. The quantitative estimate of drug-likeness (QED) is 0.766. The molecular weight excluding hydrogens is 405 g/mol. The highest BCUT2D eigenvalue weighted by molar-refractivity contribution is 7.92. The van der Waals surface area contributed by atoms with Gasteiger partial charge in [0.2, 0.25) is 5.91 Å². The number of amides is 1. The molecule has 2 aromatic rings. The molecule has 1 fully saturated rings. The highest BCUT2D eigenvalue weighted by Crippen LogP contribution is 2.18. The summed E-state index contributed by atoms with van der Waals surface area (Å²) in [5.74, 6) is -0.484. The van der Waals surface area contributed by atoms with Crippen LogP contribution in [0.3, 0.4) is 0 Å². The number of halogens is 2. The van der Waals surface area contributed by atoms with Crippen molar-refractivity contribution in [2.45, 2.75) is 30.2 Å². The van der Waals surface area contributed by atoms with Gasteiger partial charge in [0.1, 0.15) is 5.82 Å². The third-order valence-corrected chi connectivity index (χ3v) is 5.89. The summed E-state index contributed by atoms with van der Waals surface area (Å²) in [7, 11) is -3.79. The van der Waals surface area contributed by atoms with E-state index in [4.69, 9.17) is 5.73 Å². The van der Waals surface area contributed by atoms with Crippen molar-refractivity contribution in [2.24, 2.45) is 5.73 Å². The fourth-order valence-corrected chi connectivity index (χ4v) is 4.10. The third-order valence-electron chi connectivity index (χ3n) is 4.50. The average Bonchev–Trinajstić information content (AvgIpc) is 2.63. The Balaban J connectivity index is 0.00000280. The number of sulfonamides is 1. The third kappa shape index (κ3) is 5.67. The van der Waals surface area contributed by atoms with Gasteiger partial charge in [0.25, 0.3) is 10.0 Å². The summed E-state index contributed by atoms with van der Waals surface area (Å²) in [6.45, 7) is 1.30. The molecule has 1 saturated heterocycles. The van der Waals surface area contributed by atoms with Crippen LogP contribution < -0.4 is 10.5 Å². The van der Waals surface area contributed by atoms with Crippen LogP contribution in [0.1, 0.15) is 18.4 Å². The van der Waals surface area contributed by atoms with Crippen LogP contribution in [0, 0.1) is 5.82 Å². The molecule has 2 aromatic carbocycles. The number of nitrogens with zero attached hydrogens (tertiary/aromatic N) is 1. The monoisotopic (exact) mass is 427 g/mol. The van der Waals surface area contributed by atoms with Crippen LogP contribution in [0.15, 0.2) is 53.4 Å². The molecule has 152 valence electrons. The predicted octanol–water partition coefficient (Wildman–Crippen LogP) is 2.54. The lowest BCUT2D eigenvalue weighted by molar-refractivity contribution is -0.131. The molecule has 0 radical (unpaired) electrons. The van der Waals surface area contributed by atoms with Gasteiger partial charge in [-0.05, 0) is 54.8 Å². The second-order valence-corrected chi connectivity index (χ2v) is 8.36. The van der Waals surface area contributed by atoms with E-state index in [2.05, 4.69) is 4.72 Å². The van der Waals surface area contributed by atoms with E-state index >= 15 is 0 Å². The summed E-state index contributed by atoms with van der Waals surface area (Å²) >= 11 is 0. The molecule has 1 unspecified atom stereocenters. The van der Waals surface area contributed by atoms with E-state index < -0.39 is 15.8 Å². The van der Waals surface area contributed by atoms with Crippen molar-refractivity contribution in [1.82, 2.24) is 4.90 Å². The van der Waals surface area contributed by atoms with Gasteiger partial charge in [-0.2, -0.15) is 0 Å². The van der Waals surface area contributed by atoms with Crippen LogP contribution in [-0.2, 0) is 21.2 Å². The van der Waals surface area contributed by atoms with Gasteiger partial charge in [0.05, 0.1) is 11.3 Å². The van der Waals surface area contributed by atoms with E-state index in [1.54, 1.807) is 29.2 Å². The molecule has 3 rings (SSSR count). The molecule has 0 spiro atoms. The molecule has 1 aliphatic heterocycles. The van der Waals surface area contributed by atoms with Crippen molar-refractivity contribution < 1.29 is 17.6 Å². The number of nitrogens with two attached hydrogens (primary N) is 1.